The van der Waals surface area contributed by atoms with Crippen molar-refractivity contribution in [3.05, 3.63) is 29.6 Å². The van der Waals surface area contributed by atoms with Crippen molar-refractivity contribution in [1.82, 2.24) is 0 Å². The van der Waals surface area contributed by atoms with E-state index in [2.05, 4.69) is 0 Å². The van der Waals surface area contributed by atoms with Crippen molar-refractivity contribution in [2.75, 3.05) is 5.73 Å². The third-order valence-corrected chi connectivity index (χ3v) is 2.29. The maximum atomic E-state index is 13.0. The van der Waals surface area contributed by atoms with Crippen molar-refractivity contribution in [3.8, 4) is 12.1 Å². The first-order chi connectivity index (χ1) is 7.03. The van der Waals surface area contributed by atoms with Gasteiger partial charge in [-0.05, 0) is 30.7 Å². The molecule has 0 spiro atoms. The van der Waals surface area contributed by atoms with Crippen LogP contribution >= 0.6 is 0 Å². The van der Waals surface area contributed by atoms with E-state index >= 15 is 0 Å². The van der Waals surface area contributed by atoms with Gasteiger partial charge in [-0.25, -0.2) is 4.39 Å². The van der Waals surface area contributed by atoms with Gasteiger partial charge in [0.05, 0.1) is 24.0 Å². The molecule has 3 nitrogen and oxygen atoms in total. The van der Waals surface area contributed by atoms with Crippen molar-refractivity contribution in [2.24, 2.45) is 0 Å². The fourth-order valence-electron chi connectivity index (χ4n) is 1.36. The van der Waals surface area contributed by atoms with Crippen LogP contribution in [0.15, 0.2) is 18.2 Å². The van der Waals surface area contributed by atoms with Crippen LogP contribution in [0.1, 0.15) is 18.9 Å². The van der Waals surface area contributed by atoms with Crippen molar-refractivity contribution in [3.63, 3.8) is 0 Å². The summed E-state index contributed by atoms with van der Waals surface area (Å²) in [7, 11) is 0. The van der Waals surface area contributed by atoms with Crippen LogP contribution in [0.25, 0.3) is 0 Å². The SMILES string of the molecule is CC(C#N)(CC#N)c1cc(F)ccc1N. The predicted octanol–water partition coefficient (Wildman–Crippen LogP) is 2.10. The summed E-state index contributed by atoms with van der Waals surface area (Å²) in [5.41, 5.74) is 5.30. The summed E-state index contributed by atoms with van der Waals surface area (Å²) in [6, 6.07) is 7.73. The molecule has 1 atom stereocenters. The van der Waals surface area contributed by atoms with Gasteiger partial charge in [-0.15, -0.1) is 0 Å². The van der Waals surface area contributed by atoms with Gasteiger partial charge < -0.3 is 5.73 Å². The second-order valence-electron chi connectivity index (χ2n) is 3.51. The number of halogens is 1. The van der Waals surface area contributed by atoms with Crippen LogP contribution in [0.4, 0.5) is 10.1 Å². The van der Waals surface area contributed by atoms with Crippen LogP contribution in [-0.2, 0) is 5.41 Å². The molecule has 0 aliphatic carbocycles. The molecule has 0 amide bonds. The molecule has 0 aromatic heterocycles. The normalized spacial score (nSPS) is 13.6. The Labute approximate surface area is 87.5 Å². The van der Waals surface area contributed by atoms with E-state index < -0.39 is 11.2 Å². The van der Waals surface area contributed by atoms with Gasteiger partial charge in [-0.2, -0.15) is 10.5 Å². The summed E-state index contributed by atoms with van der Waals surface area (Å²) >= 11 is 0. The second kappa shape index (κ2) is 3.98. The minimum absolute atomic E-state index is 0.0167. The Morgan fingerprint density at radius 3 is 2.67 bits per heavy atom. The number of rotatable bonds is 2. The number of hydrogen-bond acceptors (Lipinski definition) is 3. The highest BCUT2D eigenvalue weighted by Crippen LogP contribution is 2.31. The summed E-state index contributed by atoms with van der Waals surface area (Å²) in [5, 5.41) is 17.6. The number of nitriles is 2. The molecule has 1 aromatic carbocycles. The lowest BCUT2D eigenvalue weighted by atomic mass is 9.80. The van der Waals surface area contributed by atoms with Gasteiger partial charge in [0.15, 0.2) is 0 Å². The van der Waals surface area contributed by atoms with Gasteiger partial charge in [0.25, 0.3) is 0 Å². The Morgan fingerprint density at radius 1 is 1.47 bits per heavy atom. The molecular formula is C11H10FN3. The van der Waals surface area contributed by atoms with Gasteiger partial charge in [0, 0.05) is 5.69 Å². The van der Waals surface area contributed by atoms with Gasteiger partial charge >= 0.3 is 0 Å². The van der Waals surface area contributed by atoms with Crippen LogP contribution in [0, 0.1) is 28.5 Å². The summed E-state index contributed by atoms with van der Waals surface area (Å²) in [4.78, 5) is 0. The van der Waals surface area contributed by atoms with Gasteiger partial charge in [-0.1, -0.05) is 0 Å². The van der Waals surface area contributed by atoms with E-state index in [0.717, 1.165) is 0 Å². The lowest BCUT2D eigenvalue weighted by molar-refractivity contribution is 0.598. The number of nitrogen functional groups attached to an aromatic ring is 1. The molecule has 0 heterocycles. The van der Waals surface area contributed by atoms with E-state index in [9.17, 15) is 4.39 Å². The van der Waals surface area contributed by atoms with Gasteiger partial charge in [0.2, 0.25) is 0 Å². The Bertz CT molecular complexity index is 456. The molecule has 76 valence electrons. The van der Waals surface area contributed by atoms with Crippen LogP contribution in [0.2, 0.25) is 0 Å². The molecule has 2 N–H and O–H groups in total. The molecule has 0 saturated heterocycles. The second-order valence-corrected chi connectivity index (χ2v) is 3.51. The number of benzene rings is 1. The van der Waals surface area contributed by atoms with E-state index in [1.165, 1.54) is 18.2 Å². The highest BCUT2D eigenvalue weighted by molar-refractivity contribution is 5.53. The molecular weight excluding hydrogens is 193 g/mol. The van der Waals surface area contributed by atoms with Crippen LogP contribution < -0.4 is 5.73 Å². The minimum atomic E-state index is -1.05. The molecule has 15 heavy (non-hydrogen) atoms. The zero-order chi connectivity index (χ0) is 11.5. The number of nitrogens with zero attached hydrogens (tertiary/aromatic N) is 2. The smallest absolute Gasteiger partial charge is 0.123 e. The summed E-state index contributed by atoms with van der Waals surface area (Å²) in [6.45, 7) is 1.57. The van der Waals surface area contributed by atoms with Crippen molar-refractivity contribution in [1.29, 1.82) is 10.5 Å². The Hall–Kier alpha value is -2.07. The molecule has 0 fully saturated rings. The van der Waals surface area contributed by atoms with Crippen molar-refractivity contribution in [2.45, 2.75) is 18.8 Å². The maximum absolute atomic E-state index is 13.0. The largest absolute Gasteiger partial charge is 0.398 e. The molecule has 1 aromatic rings. The van der Waals surface area contributed by atoms with E-state index in [1.807, 2.05) is 12.1 Å². The third kappa shape index (κ3) is 2.05. The predicted molar refractivity (Wildman–Crippen MR) is 54.0 cm³/mol. The zero-order valence-electron chi connectivity index (χ0n) is 8.29. The first kappa shape index (κ1) is 11.0. The topological polar surface area (TPSA) is 73.6 Å². The van der Waals surface area contributed by atoms with Crippen LogP contribution in [0.3, 0.4) is 0 Å². The zero-order valence-corrected chi connectivity index (χ0v) is 8.29. The maximum Gasteiger partial charge on any atom is 0.123 e. The number of hydrogen-bond donors (Lipinski definition) is 1. The summed E-state index contributed by atoms with van der Waals surface area (Å²) in [5.74, 6) is -0.460. The summed E-state index contributed by atoms with van der Waals surface area (Å²) in [6.07, 6.45) is -0.0167. The lowest BCUT2D eigenvalue weighted by Gasteiger charge is -2.20. The highest BCUT2D eigenvalue weighted by atomic mass is 19.1. The number of anilines is 1. The van der Waals surface area contributed by atoms with Crippen LogP contribution in [0.5, 0.6) is 0 Å². The van der Waals surface area contributed by atoms with E-state index in [-0.39, 0.29) is 6.42 Å². The van der Waals surface area contributed by atoms with E-state index in [1.54, 1.807) is 6.92 Å². The molecule has 0 radical (unpaired) electrons. The molecule has 1 unspecified atom stereocenters. The van der Waals surface area contributed by atoms with Crippen LogP contribution in [-0.4, -0.2) is 0 Å². The molecule has 1 rings (SSSR count). The molecule has 4 heteroatoms. The third-order valence-electron chi connectivity index (χ3n) is 2.29. The standard InChI is InChI=1S/C11H10FN3/c1-11(7-14,4-5-13)9-6-8(12)2-3-10(9)15/h2-3,6H,4,15H2,1H3. The Morgan fingerprint density at radius 2 is 2.13 bits per heavy atom. The number of nitrogens with two attached hydrogens (primary N) is 1. The van der Waals surface area contributed by atoms with Crippen molar-refractivity contribution >= 4 is 5.69 Å². The van der Waals surface area contributed by atoms with Gasteiger partial charge in [-0.3, -0.25) is 0 Å². The van der Waals surface area contributed by atoms with E-state index in [4.69, 9.17) is 16.3 Å². The minimum Gasteiger partial charge on any atom is -0.398 e. The molecule has 0 aliphatic heterocycles. The van der Waals surface area contributed by atoms with E-state index in [0.29, 0.717) is 11.3 Å². The molecule has 0 saturated carbocycles. The van der Waals surface area contributed by atoms with Crippen molar-refractivity contribution < 1.29 is 4.39 Å². The Kier molecular flexibility index (Phi) is 2.92. The fourth-order valence-corrected chi connectivity index (χ4v) is 1.36. The lowest BCUT2D eigenvalue weighted by Crippen LogP contribution is -2.20. The Balaban J connectivity index is 3.31. The fraction of sp³-hybridized carbons (Fsp3) is 0.273. The average molecular weight is 203 g/mol. The quantitative estimate of drug-likeness (QED) is 0.748. The first-order valence-electron chi connectivity index (χ1n) is 4.37. The summed E-state index contributed by atoms with van der Waals surface area (Å²) < 4.78 is 13.0. The average Bonchev–Trinajstić information content (AvgIpc) is 2.22. The van der Waals surface area contributed by atoms with Gasteiger partial charge in [0.1, 0.15) is 5.82 Å². The highest BCUT2D eigenvalue weighted by Gasteiger charge is 2.28. The first-order valence-corrected chi connectivity index (χ1v) is 4.37. The monoisotopic (exact) mass is 203 g/mol. The molecule has 0 bridgehead atoms. The molecule has 0 aliphatic rings.